The van der Waals surface area contributed by atoms with Gasteiger partial charge in [0.1, 0.15) is 5.75 Å². The van der Waals surface area contributed by atoms with E-state index < -0.39 is 0 Å². The summed E-state index contributed by atoms with van der Waals surface area (Å²) < 4.78 is 5.26. The Morgan fingerprint density at radius 2 is 1.82 bits per heavy atom. The molecule has 0 spiro atoms. The number of para-hydroxylation sites is 1. The number of rotatable bonds is 4. The van der Waals surface area contributed by atoms with Crippen molar-refractivity contribution < 1.29 is 14.3 Å². The van der Waals surface area contributed by atoms with Crippen molar-refractivity contribution in [3.8, 4) is 5.75 Å². The highest BCUT2D eigenvalue weighted by molar-refractivity contribution is 6.07. The molecule has 5 rings (SSSR count). The topological polar surface area (TPSA) is 65.6 Å². The fourth-order valence-corrected chi connectivity index (χ4v) is 5.19. The second kappa shape index (κ2) is 8.93. The molecule has 1 fully saturated rings. The first-order valence-corrected chi connectivity index (χ1v) is 11.9. The summed E-state index contributed by atoms with van der Waals surface area (Å²) in [4.78, 5) is 33.5. The van der Waals surface area contributed by atoms with Crippen LogP contribution >= 0.6 is 0 Å². The van der Waals surface area contributed by atoms with Crippen LogP contribution < -0.4 is 4.74 Å². The van der Waals surface area contributed by atoms with E-state index in [2.05, 4.69) is 18.0 Å². The molecule has 1 saturated heterocycles. The molecular formula is C27H31N3O3. The number of hydrogen-bond acceptors (Lipinski definition) is 3. The van der Waals surface area contributed by atoms with Crippen molar-refractivity contribution in [2.75, 3.05) is 33.3 Å². The minimum Gasteiger partial charge on any atom is -0.497 e. The number of hydrogen-bond donors (Lipinski definition) is 1. The van der Waals surface area contributed by atoms with E-state index in [0.29, 0.717) is 38.5 Å². The number of carbonyl (C=O) groups is 2. The van der Waals surface area contributed by atoms with Crippen LogP contribution in [-0.2, 0) is 24.1 Å². The zero-order valence-electron chi connectivity index (χ0n) is 19.4. The number of ether oxygens (including phenoxy) is 1. The summed E-state index contributed by atoms with van der Waals surface area (Å²) in [7, 11) is 1.63. The maximum absolute atomic E-state index is 13.4. The molecular weight excluding hydrogens is 414 g/mol. The Labute approximate surface area is 194 Å². The van der Waals surface area contributed by atoms with Crippen molar-refractivity contribution in [2.45, 2.75) is 32.6 Å². The number of amides is 2. The summed E-state index contributed by atoms with van der Waals surface area (Å²) in [6, 6.07) is 13.7. The van der Waals surface area contributed by atoms with Crippen molar-refractivity contribution >= 4 is 22.7 Å². The maximum atomic E-state index is 13.4. The Morgan fingerprint density at radius 3 is 2.61 bits per heavy atom. The lowest BCUT2D eigenvalue weighted by molar-refractivity contribution is -0.131. The van der Waals surface area contributed by atoms with Crippen LogP contribution in [0, 0.1) is 5.92 Å². The molecule has 1 aliphatic carbocycles. The van der Waals surface area contributed by atoms with Crippen LogP contribution in [0.15, 0.2) is 42.5 Å². The van der Waals surface area contributed by atoms with Gasteiger partial charge in [0, 0.05) is 37.3 Å². The molecule has 6 heteroatoms. The fraction of sp³-hybridized carbons (Fsp3) is 0.407. The molecule has 2 amide bonds. The third-order valence-corrected chi connectivity index (χ3v) is 7.11. The van der Waals surface area contributed by atoms with Crippen LogP contribution in [0.25, 0.3) is 10.9 Å². The zero-order valence-corrected chi connectivity index (χ0v) is 19.4. The molecule has 6 nitrogen and oxygen atoms in total. The van der Waals surface area contributed by atoms with Crippen molar-refractivity contribution in [1.29, 1.82) is 0 Å². The first-order valence-electron chi connectivity index (χ1n) is 11.9. The van der Waals surface area contributed by atoms with Gasteiger partial charge in [-0.3, -0.25) is 9.59 Å². The molecule has 2 aliphatic rings. The predicted molar refractivity (Wildman–Crippen MR) is 129 cm³/mol. The highest BCUT2D eigenvalue weighted by Gasteiger charge is 2.28. The molecule has 1 N–H and O–H groups in total. The molecule has 1 aromatic heterocycles. The van der Waals surface area contributed by atoms with Gasteiger partial charge >= 0.3 is 0 Å². The molecule has 1 unspecified atom stereocenters. The Kier molecular flexibility index (Phi) is 5.83. The third kappa shape index (κ3) is 4.22. The van der Waals surface area contributed by atoms with Crippen LogP contribution in [0.4, 0.5) is 0 Å². The Hall–Kier alpha value is -3.28. The molecule has 33 heavy (non-hydrogen) atoms. The van der Waals surface area contributed by atoms with Crippen molar-refractivity contribution in [3.05, 3.63) is 64.8 Å². The number of aromatic nitrogens is 1. The van der Waals surface area contributed by atoms with Crippen LogP contribution in [-0.4, -0.2) is 59.9 Å². The number of H-pyrrole nitrogens is 1. The fourth-order valence-electron chi connectivity index (χ4n) is 5.19. The quantitative estimate of drug-likeness (QED) is 0.664. The molecule has 1 atom stereocenters. The summed E-state index contributed by atoms with van der Waals surface area (Å²) in [5.41, 5.74) is 5.32. The molecule has 2 heterocycles. The first kappa shape index (κ1) is 21.6. The number of benzene rings is 2. The summed E-state index contributed by atoms with van der Waals surface area (Å²) in [6.45, 7) is 4.52. The lowest BCUT2D eigenvalue weighted by Gasteiger charge is -2.35. The zero-order chi connectivity index (χ0) is 22.9. The van der Waals surface area contributed by atoms with Crippen molar-refractivity contribution in [1.82, 2.24) is 14.8 Å². The highest BCUT2D eigenvalue weighted by Crippen LogP contribution is 2.33. The Balaban J connectivity index is 1.26. The smallest absolute Gasteiger partial charge is 0.256 e. The Morgan fingerprint density at radius 1 is 1.06 bits per heavy atom. The molecule has 172 valence electrons. The first-order chi connectivity index (χ1) is 16.0. The number of methoxy groups -OCH3 is 1. The van der Waals surface area contributed by atoms with Gasteiger partial charge in [0.05, 0.1) is 24.6 Å². The summed E-state index contributed by atoms with van der Waals surface area (Å²) >= 11 is 0. The van der Waals surface area contributed by atoms with E-state index in [4.69, 9.17) is 4.74 Å². The average Bonchev–Trinajstić information content (AvgIpc) is 3.21. The van der Waals surface area contributed by atoms with Gasteiger partial charge in [-0.1, -0.05) is 31.2 Å². The van der Waals surface area contributed by atoms with Crippen molar-refractivity contribution in [2.24, 2.45) is 5.92 Å². The molecule has 0 radical (unpaired) electrons. The summed E-state index contributed by atoms with van der Waals surface area (Å²) in [5, 5.41) is 1.19. The summed E-state index contributed by atoms with van der Waals surface area (Å²) in [6.07, 6.45) is 3.65. The van der Waals surface area contributed by atoms with E-state index in [1.54, 1.807) is 7.11 Å². The van der Waals surface area contributed by atoms with E-state index in [9.17, 15) is 9.59 Å². The SMILES string of the molecule is COc1cccc(CC(=O)N2CCN(C(=O)c3cccc4c5c([nH]c34)CCC(C)C5)CC2)c1. The van der Waals surface area contributed by atoms with Gasteiger partial charge in [-0.05, 0) is 54.5 Å². The van der Waals surface area contributed by atoms with Gasteiger partial charge in [-0.25, -0.2) is 0 Å². The Bertz CT molecular complexity index is 1190. The monoisotopic (exact) mass is 445 g/mol. The van der Waals surface area contributed by atoms with E-state index in [1.807, 2.05) is 46.2 Å². The van der Waals surface area contributed by atoms with E-state index in [1.165, 1.54) is 23.1 Å². The molecule has 2 aromatic carbocycles. The largest absolute Gasteiger partial charge is 0.497 e. The van der Waals surface area contributed by atoms with Gasteiger partial charge in [-0.15, -0.1) is 0 Å². The molecule has 0 saturated carbocycles. The lowest BCUT2D eigenvalue weighted by Crippen LogP contribution is -2.51. The number of piperazine rings is 1. The average molecular weight is 446 g/mol. The van der Waals surface area contributed by atoms with Gasteiger partial charge in [-0.2, -0.15) is 0 Å². The highest BCUT2D eigenvalue weighted by atomic mass is 16.5. The maximum Gasteiger partial charge on any atom is 0.256 e. The standard InChI is InChI=1S/C27H31N3O3/c1-18-9-10-24-23(15-18)21-7-4-8-22(26(21)28-24)27(32)30-13-11-29(12-14-30)25(31)17-19-5-3-6-20(16-19)33-2/h3-8,16,18,28H,9-15,17H2,1-2H3. The van der Waals surface area contributed by atoms with Crippen LogP contribution in [0.3, 0.4) is 0 Å². The third-order valence-electron chi connectivity index (χ3n) is 7.11. The number of aryl methyl sites for hydroxylation is 1. The van der Waals surface area contributed by atoms with E-state index >= 15 is 0 Å². The number of fused-ring (bicyclic) bond motifs is 3. The number of aromatic amines is 1. The number of nitrogens with zero attached hydrogens (tertiary/aromatic N) is 2. The predicted octanol–water partition coefficient (Wildman–Crippen LogP) is 3.83. The summed E-state index contributed by atoms with van der Waals surface area (Å²) in [5.74, 6) is 1.57. The molecule has 1 aliphatic heterocycles. The number of nitrogens with one attached hydrogen (secondary N) is 1. The second-order valence-electron chi connectivity index (χ2n) is 9.36. The van der Waals surface area contributed by atoms with Gasteiger partial charge < -0.3 is 19.5 Å². The minimum atomic E-state index is 0.0483. The van der Waals surface area contributed by atoms with Crippen molar-refractivity contribution in [3.63, 3.8) is 0 Å². The van der Waals surface area contributed by atoms with Crippen LogP contribution in [0.1, 0.15) is 40.5 Å². The van der Waals surface area contributed by atoms with Crippen LogP contribution in [0.5, 0.6) is 5.75 Å². The van der Waals surface area contributed by atoms with E-state index in [-0.39, 0.29) is 11.8 Å². The van der Waals surface area contributed by atoms with E-state index in [0.717, 1.165) is 35.2 Å². The minimum absolute atomic E-state index is 0.0483. The second-order valence-corrected chi connectivity index (χ2v) is 9.36. The molecule has 0 bridgehead atoms. The lowest BCUT2D eigenvalue weighted by atomic mass is 9.87. The van der Waals surface area contributed by atoms with Gasteiger partial charge in [0.25, 0.3) is 5.91 Å². The van der Waals surface area contributed by atoms with Gasteiger partial charge in [0.2, 0.25) is 5.91 Å². The number of carbonyl (C=O) groups excluding carboxylic acids is 2. The van der Waals surface area contributed by atoms with Crippen LogP contribution in [0.2, 0.25) is 0 Å². The normalized spacial score (nSPS) is 18.3. The van der Waals surface area contributed by atoms with Gasteiger partial charge in [0.15, 0.2) is 0 Å². The molecule has 3 aromatic rings.